The molecule has 0 unspecified atom stereocenters. The number of nitrogens with one attached hydrogen (secondary N) is 1. The number of hydrogen-bond donors (Lipinski definition) is 1. The van der Waals surface area contributed by atoms with Crippen molar-refractivity contribution >= 4 is 39.0 Å². The van der Waals surface area contributed by atoms with E-state index in [9.17, 15) is 4.79 Å². The Hall–Kier alpha value is -3.25. The van der Waals surface area contributed by atoms with Crippen LogP contribution >= 0.6 is 11.3 Å². The molecule has 0 fully saturated rings. The number of amides is 1. The molecule has 0 saturated carbocycles. The van der Waals surface area contributed by atoms with Gasteiger partial charge in [-0.05, 0) is 30.7 Å². The molecule has 2 aromatic heterocycles. The summed E-state index contributed by atoms with van der Waals surface area (Å²) in [6.07, 6.45) is 1.64. The van der Waals surface area contributed by atoms with Gasteiger partial charge in [-0.3, -0.25) is 10.1 Å². The van der Waals surface area contributed by atoms with Crippen LogP contribution in [0.2, 0.25) is 0 Å². The lowest BCUT2D eigenvalue weighted by molar-refractivity contribution is 0.102. The van der Waals surface area contributed by atoms with Crippen LogP contribution in [0.15, 0.2) is 75.6 Å². The number of nitrogens with zero attached hydrogens (tertiary/aromatic N) is 2. The number of benzene rings is 2. The Balaban J connectivity index is 1.89. The zero-order valence-electron chi connectivity index (χ0n) is 14.0. The Morgan fingerprint density at radius 2 is 1.96 bits per heavy atom. The molecule has 26 heavy (non-hydrogen) atoms. The first-order valence-corrected chi connectivity index (χ1v) is 8.93. The molecule has 0 aliphatic carbocycles. The minimum atomic E-state index is -0.304. The van der Waals surface area contributed by atoms with Gasteiger partial charge in [-0.15, -0.1) is 11.3 Å². The quantitative estimate of drug-likeness (QED) is 0.576. The van der Waals surface area contributed by atoms with Crippen LogP contribution in [0.5, 0.6) is 0 Å². The van der Waals surface area contributed by atoms with Gasteiger partial charge in [0, 0.05) is 17.0 Å². The SMILES string of the molecule is Cc1ccccc1N=c1oc2ccccc2cc1C(=O)Nc1nccs1. The lowest BCUT2D eigenvalue weighted by atomic mass is 10.1. The summed E-state index contributed by atoms with van der Waals surface area (Å²) in [5.74, 6) is -0.304. The minimum absolute atomic E-state index is 0.270. The molecule has 4 rings (SSSR count). The number of anilines is 1. The van der Waals surface area contributed by atoms with Gasteiger partial charge in [-0.25, -0.2) is 9.98 Å². The summed E-state index contributed by atoms with van der Waals surface area (Å²) >= 11 is 1.36. The predicted octanol–water partition coefficient (Wildman–Crippen LogP) is 4.68. The number of fused-ring (bicyclic) bond motifs is 1. The van der Waals surface area contributed by atoms with Gasteiger partial charge >= 0.3 is 0 Å². The summed E-state index contributed by atoms with van der Waals surface area (Å²) in [5, 5.41) is 5.96. The number of thiazole rings is 1. The van der Waals surface area contributed by atoms with E-state index in [1.54, 1.807) is 17.6 Å². The highest BCUT2D eigenvalue weighted by molar-refractivity contribution is 7.13. The van der Waals surface area contributed by atoms with Gasteiger partial charge in [0.05, 0.1) is 5.69 Å². The van der Waals surface area contributed by atoms with Gasteiger partial charge in [0.1, 0.15) is 11.1 Å². The molecular weight excluding hydrogens is 346 g/mol. The molecule has 0 radical (unpaired) electrons. The largest absolute Gasteiger partial charge is 0.438 e. The van der Waals surface area contributed by atoms with E-state index in [0.29, 0.717) is 16.3 Å². The Bertz CT molecular complexity index is 1150. The van der Waals surface area contributed by atoms with E-state index < -0.39 is 0 Å². The third kappa shape index (κ3) is 3.27. The second-order valence-corrected chi connectivity index (χ2v) is 6.59. The molecule has 6 heteroatoms. The molecule has 0 saturated heterocycles. The smallest absolute Gasteiger partial charge is 0.262 e. The van der Waals surface area contributed by atoms with Gasteiger partial charge in [0.15, 0.2) is 5.13 Å². The van der Waals surface area contributed by atoms with Crippen LogP contribution in [-0.4, -0.2) is 10.9 Å². The standard InChI is InChI=1S/C20H15N3O2S/c1-13-6-2-4-8-16(13)22-19-15(18(24)23-20-21-10-11-26-20)12-14-7-3-5-9-17(14)25-19/h2-12H,1H3,(H,21,23,24). The van der Waals surface area contributed by atoms with Gasteiger partial charge in [0.2, 0.25) is 5.55 Å². The molecule has 0 atom stereocenters. The van der Waals surface area contributed by atoms with Crippen LogP contribution in [0.4, 0.5) is 10.8 Å². The van der Waals surface area contributed by atoms with Crippen molar-refractivity contribution in [2.75, 3.05) is 5.32 Å². The molecule has 1 amide bonds. The Labute approximate surface area is 153 Å². The molecule has 128 valence electrons. The average molecular weight is 361 g/mol. The molecule has 2 heterocycles. The van der Waals surface area contributed by atoms with E-state index in [4.69, 9.17) is 4.42 Å². The fourth-order valence-electron chi connectivity index (χ4n) is 2.56. The average Bonchev–Trinajstić information content (AvgIpc) is 3.16. The van der Waals surface area contributed by atoms with Crippen molar-refractivity contribution < 1.29 is 9.21 Å². The van der Waals surface area contributed by atoms with Crippen molar-refractivity contribution in [2.45, 2.75) is 6.92 Å². The first kappa shape index (κ1) is 16.2. The number of carbonyl (C=O) groups excluding carboxylic acids is 1. The highest BCUT2D eigenvalue weighted by Gasteiger charge is 2.14. The number of aryl methyl sites for hydroxylation is 1. The first-order chi connectivity index (χ1) is 12.7. The lowest BCUT2D eigenvalue weighted by Gasteiger charge is -2.05. The molecule has 1 N–H and O–H groups in total. The Kier molecular flexibility index (Phi) is 4.33. The second-order valence-electron chi connectivity index (χ2n) is 5.69. The van der Waals surface area contributed by atoms with E-state index in [-0.39, 0.29) is 11.5 Å². The van der Waals surface area contributed by atoms with Crippen molar-refractivity contribution in [3.05, 3.63) is 82.9 Å². The summed E-state index contributed by atoms with van der Waals surface area (Å²) < 4.78 is 5.95. The maximum absolute atomic E-state index is 12.8. The number of rotatable bonds is 3. The van der Waals surface area contributed by atoms with Crippen LogP contribution < -0.4 is 10.9 Å². The van der Waals surface area contributed by atoms with E-state index in [2.05, 4.69) is 15.3 Å². The van der Waals surface area contributed by atoms with Crippen molar-refractivity contribution in [2.24, 2.45) is 4.99 Å². The molecule has 0 aliphatic heterocycles. The van der Waals surface area contributed by atoms with Crippen molar-refractivity contribution in [3.8, 4) is 0 Å². The van der Waals surface area contributed by atoms with Gasteiger partial charge in [0.25, 0.3) is 5.91 Å². The molecule has 0 bridgehead atoms. The topological polar surface area (TPSA) is 67.5 Å². The zero-order valence-corrected chi connectivity index (χ0v) is 14.8. The summed E-state index contributed by atoms with van der Waals surface area (Å²) in [4.78, 5) is 21.5. The first-order valence-electron chi connectivity index (χ1n) is 8.05. The number of hydrogen-bond acceptors (Lipinski definition) is 5. The van der Waals surface area contributed by atoms with E-state index in [0.717, 1.165) is 16.6 Å². The number of carbonyl (C=O) groups is 1. The number of aromatic nitrogens is 1. The lowest BCUT2D eigenvalue weighted by Crippen LogP contribution is -2.21. The van der Waals surface area contributed by atoms with Gasteiger partial charge < -0.3 is 4.42 Å². The molecule has 0 spiro atoms. The maximum Gasteiger partial charge on any atom is 0.262 e. The highest BCUT2D eigenvalue weighted by atomic mass is 32.1. The molecular formula is C20H15N3O2S. The maximum atomic E-state index is 12.8. The molecule has 0 aliphatic rings. The minimum Gasteiger partial charge on any atom is -0.438 e. The third-order valence-electron chi connectivity index (χ3n) is 3.89. The Morgan fingerprint density at radius 3 is 2.77 bits per heavy atom. The fourth-order valence-corrected chi connectivity index (χ4v) is 3.09. The zero-order chi connectivity index (χ0) is 17.9. The van der Waals surface area contributed by atoms with Crippen LogP contribution in [-0.2, 0) is 0 Å². The van der Waals surface area contributed by atoms with Crippen molar-refractivity contribution in [1.29, 1.82) is 0 Å². The summed E-state index contributed by atoms with van der Waals surface area (Å²) in [6.45, 7) is 1.97. The van der Waals surface area contributed by atoms with Crippen molar-refractivity contribution in [3.63, 3.8) is 0 Å². The molecule has 2 aromatic carbocycles. The van der Waals surface area contributed by atoms with E-state index in [1.165, 1.54) is 11.3 Å². The fraction of sp³-hybridized carbons (Fsp3) is 0.0500. The normalized spacial score (nSPS) is 11.7. The molecule has 5 nitrogen and oxygen atoms in total. The van der Waals surface area contributed by atoms with E-state index in [1.807, 2.05) is 55.5 Å². The van der Waals surface area contributed by atoms with Crippen LogP contribution in [0.25, 0.3) is 11.0 Å². The second kappa shape index (κ2) is 6.93. The summed E-state index contributed by atoms with van der Waals surface area (Å²) in [7, 11) is 0. The van der Waals surface area contributed by atoms with Crippen LogP contribution in [0, 0.1) is 6.92 Å². The van der Waals surface area contributed by atoms with Crippen LogP contribution in [0.3, 0.4) is 0 Å². The summed E-state index contributed by atoms with van der Waals surface area (Å²) in [6, 6.07) is 17.0. The number of para-hydroxylation sites is 2. The van der Waals surface area contributed by atoms with Crippen molar-refractivity contribution in [1.82, 2.24) is 4.98 Å². The predicted molar refractivity (Wildman–Crippen MR) is 103 cm³/mol. The Morgan fingerprint density at radius 1 is 1.15 bits per heavy atom. The van der Waals surface area contributed by atoms with Crippen LogP contribution in [0.1, 0.15) is 15.9 Å². The molecule has 4 aromatic rings. The third-order valence-corrected chi connectivity index (χ3v) is 4.58. The van der Waals surface area contributed by atoms with Gasteiger partial charge in [-0.2, -0.15) is 0 Å². The monoisotopic (exact) mass is 361 g/mol. The summed E-state index contributed by atoms with van der Waals surface area (Å²) in [5.41, 5.74) is 3.07. The van der Waals surface area contributed by atoms with E-state index >= 15 is 0 Å². The highest BCUT2D eigenvalue weighted by Crippen LogP contribution is 2.19. The van der Waals surface area contributed by atoms with Gasteiger partial charge in [-0.1, -0.05) is 36.4 Å².